The lowest BCUT2D eigenvalue weighted by molar-refractivity contribution is -0.139. The van der Waals surface area contributed by atoms with Crippen molar-refractivity contribution in [2.75, 3.05) is 7.05 Å². The van der Waals surface area contributed by atoms with Crippen LogP contribution in [0.4, 0.5) is 4.39 Å². The Morgan fingerprint density at radius 3 is 2.36 bits per heavy atom. The maximum Gasteiger partial charge on any atom is 0.242 e. The van der Waals surface area contributed by atoms with Crippen LogP contribution in [0.25, 0.3) is 0 Å². The third-order valence-electron chi connectivity index (χ3n) is 4.28. The smallest absolute Gasteiger partial charge is 0.242 e. The fourth-order valence-corrected chi connectivity index (χ4v) is 2.65. The van der Waals surface area contributed by atoms with E-state index in [9.17, 15) is 14.0 Å². The van der Waals surface area contributed by atoms with E-state index in [4.69, 9.17) is 0 Å². The van der Waals surface area contributed by atoms with Crippen molar-refractivity contribution < 1.29 is 14.0 Å². The predicted octanol–water partition coefficient (Wildman–Crippen LogP) is 2.84. The van der Waals surface area contributed by atoms with Gasteiger partial charge in [-0.3, -0.25) is 9.59 Å². The van der Waals surface area contributed by atoms with Crippen LogP contribution < -0.4 is 5.32 Å². The maximum atomic E-state index is 13.1. The highest BCUT2D eigenvalue weighted by atomic mass is 19.1. The summed E-state index contributed by atoms with van der Waals surface area (Å²) in [6.45, 7) is 3.90. The first-order chi connectivity index (χ1) is 11.9. The third-order valence-corrected chi connectivity index (χ3v) is 4.28. The first-order valence-electron chi connectivity index (χ1n) is 8.22. The van der Waals surface area contributed by atoms with Crippen LogP contribution in [0.2, 0.25) is 0 Å². The normalized spacial score (nSPS) is 11.7. The molecule has 0 saturated heterocycles. The van der Waals surface area contributed by atoms with Gasteiger partial charge in [0.25, 0.3) is 0 Å². The van der Waals surface area contributed by atoms with Crippen molar-refractivity contribution in [1.29, 1.82) is 0 Å². The molecule has 2 aromatic rings. The van der Waals surface area contributed by atoms with Crippen molar-refractivity contribution in [1.82, 2.24) is 10.2 Å². The molecule has 0 bridgehead atoms. The van der Waals surface area contributed by atoms with E-state index in [2.05, 4.69) is 5.32 Å². The number of likely N-dealkylation sites (N-methyl/N-ethyl adjacent to an activating group) is 1. The number of hydrogen-bond donors (Lipinski definition) is 1. The fourth-order valence-electron chi connectivity index (χ4n) is 2.65. The molecule has 0 heterocycles. The molecule has 4 nitrogen and oxygen atoms in total. The van der Waals surface area contributed by atoms with Crippen LogP contribution in [0, 0.1) is 12.7 Å². The van der Waals surface area contributed by atoms with E-state index in [1.807, 2.05) is 31.2 Å². The summed E-state index contributed by atoms with van der Waals surface area (Å²) >= 11 is 0. The summed E-state index contributed by atoms with van der Waals surface area (Å²) in [5.41, 5.74) is 2.74. The number of halogens is 1. The molecule has 2 aromatic carbocycles. The predicted molar refractivity (Wildman–Crippen MR) is 95.4 cm³/mol. The topological polar surface area (TPSA) is 49.4 Å². The molecule has 0 aliphatic heterocycles. The zero-order valence-electron chi connectivity index (χ0n) is 14.8. The Balaban J connectivity index is 2.23. The van der Waals surface area contributed by atoms with Gasteiger partial charge in [-0.15, -0.1) is 0 Å². The molecule has 132 valence electrons. The Hall–Kier alpha value is -2.69. The molecule has 1 atom stereocenters. The highest BCUT2D eigenvalue weighted by Gasteiger charge is 2.25. The summed E-state index contributed by atoms with van der Waals surface area (Å²) in [4.78, 5) is 26.5. The van der Waals surface area contributed by atoms with Crippen LogP contribution in [0.1, 0.15) is 23.6 Å². The SMILES string of the molecule is CNC(=O)[C@H](C)N(Cc1ccc(F)cc1)C(=O)Cc1ccccc1C. The van der Waals surface area contributed by atoms with Gasteiger partial charge in [0.05, 0.1) is 6.42 Å². The quantitative estimate of drug-likeness (QED) is 0.878. The zero-order chi connectivity index (χ0) is 18.4. The fraction of sp³-hybridized carbons (Fsp3) is 0.300. The molecule has 25 heavy (non-hydrogen) atoms. The number of hydrogen-bond acceptors (Lipinski definition) is 2. The van der Waals surface area contributed by atoms with Crippen LogP contribution in [0.5, 0.6) is 0 Å². The Bertz CT molecular complexity index is 744. The number of aryl methyl sites for hydroxylation is 1. The molecule has 0 fully saturated rings. The summed E-state index contributed by atoms with van der Waals surface area (Å²) in [6.07, 6.45) is 0.217. The molecule has 2 amide bonds. The molecular weight excluding hydrogens is 319 g/mol. The van der Waals surface area contributed by atoms with Crippen molar-refractivity contribution in [3.63, 3.8) is 0 Å². The second-order valence-electron chi connectivity index (χ2n) is 6.04. The standard InChI is InChI=1S/C20H23FN2O2/c1-14-6-4-5-7-17(14)12-19(24)23(15(2)20(25)22-3)13-16-8-10-18(21)11-9-16/h4-11,15H,12-13H2,1-3H3,(H,22,25)/t15-/m0/s1. The van der Waals surface area contributed by atoms with Crippen molar-refractivity contribution in [2.24, 2.45) is 0 Å². The van der Waals surface area contributed by atoms with Gasteiger partial charge >= 0.3 is 0 Å². The molecule has 0 aliphatic carbocycles. The molecule has 5 heteroatoms. The first kappa shape index (κ1) is 18.6. The van der Waals surface area contributed by atoms with Gasteiger partial charge in [-0.05, 0) is 42.7 Å². The lowest BCUT2D eigenvalue weighted by atomic mass is 10.0. The second-order valence-corrected chi connectivity index (χ2v) is 6.04. The van der Waals surface area contributed by atoms with E-state index < -0.39 is 6.04 Å². The van der Waals surface area contributed by atoms with Crippen LogP contribution in [0.3, 0.4) is 0 Å². The minimum absolute atomic E-state index is 0.144. The van der Waals surface area contributed by atoms with Crippen molar-refractivity contribution in [3.05, 3.63) is 71.0 Å². The molecule has 0 radical (unpaired) electrons. The average molecular weight is 342 g/mol. The van der Waals surface area contributed by atoms with E-state index in [0.717, 1.165) is 16.7 Å². The number of nitrogens with one attached hydrogen (secondary N) is 1. The minimum atomic E-state index is -0.619. The summed E-state index contributed by atoms with van der Waals surface area (Å²) in [6, 6.07) is 13.0. The van der Waals surface area contributed by atoms with E-state index in [-0.39, 0.29) is 30.6 Å². The molecule has 0 aliphatic rings. The number of amides is 2. The van der Waals surface area contributed by atoms with Crippen molar-refractivity contribution in [2.45, 2.75) is 32.9 Å². The number of carbonyl (C=O) groups is 2. The van der Waals surface area contributed by atoms with Crippen LogP contribution in [-0.4, -0.2) is 29.8 Å². The number of carbonyl (C=O) groups excluding carboxylic acids is 2. The molecule has 0 unspecified atom stereocenters. The van der Waals surface area contributed by atoms with Gasteiger partial charge in [0.1, 0.15) is 11.9 Å². The first-order valence-corrected chi connectivity index (χ1v) is 8.22. The van der Waals surface area contributed by atoms with Gasteiger partial charge in [0.15, 0.2) is 0 Å². The molecule has 2 rings (SSSR count). The summed E-state index contributed by atoms with van der Waals surface area (Å²) in [5, 5.41) is 2.58. The second kappa shape index (κ2) is 8.42. The molecule has 1 N–H and O–H groups in total. The number of nitrogens with zero attached hydrogens (tertiary/aromatic N) is 1. The van der Waals surface area contributed by atoms with Crippen LogP contribution in [0.15, 0.2) is 48.5 Å². The Labute approximate surface area is 147 Å². The van der Waals surface area contributed by atoms with E-state index in [0.29, 0.717) is 0 Å². The van der Waals surface area contributed by atoms with Gasteiger partial charge in [-0.1, -0.05) is 36.4 Å². The molecular formula is C20H23FN2O2. The third kappa shape index (κ3) is 4.89. The Morgan fingerprint density at radius 2 is 1.76 bits per heavy atom. The molecule has 0 aromatic heterocycles. The summed E-state index contributed by atoms with van der Waals surface area (Å²) < 4.78 is 13.1. The highest BCUT2D eigenvalue weighted by molar-refractivity contribution is 5.88. The molecule has 0 spiro atoms. The monoisotopic (exact) mass is 342 g/mol. The van der Waals surface area contributed by atoms with Crippen molar-refractivity contribution in [3.8, 4) is 0 Å². The number of rotatable bonds is 6. The van der Waals surface area contributed by atoms with Crippen LogP contribution in [-0.2, 0) is 22.6 Å². The van der Waals surface area contributed by atoms with Gasteiger partial charge in [-0.2, -0.15) is 0 Å². The van der Waals surface area contributed by atoms with Gasteiger partial charge in [0, 0.05) is 13.6 Å². The lowest BCUT2D eigenvalue weighted by Gasteiger charge is -2.28. The summed E-state index contributed by atoms with van der Waals surface area (Å²) in [5.74, 6) is -0.712. The van der Waals surface area contributed by atoms with E-state index >= 15 is 0 Å². The lowest BCUT2D eigenvalue weighted by Crippen LogP contribution is -2.47. The average Bonchev–Trinajstić information content (AvgIpc) is 2.61. The van der Waals surface area contributed by atoms with Crippen molar-refractivity contribution >= 4 is 11.8 Å². The van der Waals surface area contributed by atoms with E-state index in [1.165, 1.54) is 17.0 Å². The summed E-state index contributed by atoms with van der Waals surface area (Å²) in [7, 11) is 1.54. The number of benzene rings is 2. The Morgan fingerprint density at radius 1 is 1.12 bits per heavy atom. The zero-order valence-corrected chi connectivity index (χ0v) is 14.8. The Kier molecular flexibility index (Phi) is 6.28. The van der Waals surface area contributed by atoms with E-state index in [1.54, 1.807) is 26.1 Å². The maximum absolute atomic E-state index is 13.1. The van der Waals surface area contributed by atoms with Gasteiger partial charge in [0.2, 0.25) is 11.8 Å². The highest BCUT2D eigenvalue weighted by Crippen LogP contribution is 2.15. The minimum Gasteiger partial charge on any atom is -0.357 e. The van der Waals surface area contributed by atoms with Crippen LogP contribution >= 0.6 is 0 Å². The van der Waals surface area contributed by atoms with Gasteiger partial charge in [-0.25, -0.2) is 4.39 Å². The molecule has 0 saturated carbocycles. The largest absolute Gasteiger partial charge is 0.357 e. The van der Waals surface area contributed by atoms with Gasteiger partial charge < -0.3 is 10.2 Å².